The molecule has 3 rings (SSSR count). The number of imidazole rings is 1. The van der Waals surface area contributed by atoms with Crippen molar-refractivity contribution in [3.8, 4) is 0 Å². The molecule has 1 amide bonds. The van der Waals surface area contributed by atoms with Gasteiger partial charge < -0.3 is 19.9 Å². The Balaban J connectivity index is 1.84. The number of hydrogen-bond acceptors (Lipinski definition) is 4. The molecule has 0 aliphatic carbocycles. The summed E-state index contributed by atoms with van der Waals surface area (Å²) in [5, 5.41) is 3.61. The fourth-order valence-electron chi connectivity index (χ4n) is 3.47. The maximum absolute atomic E-state index is 12.5. The third kappa shape index (κ3) is 2.72. The summed E-state index contributed by atoms with van der Waals surface area (Å²) in [7, 11) is 0. The first-order valence-corrected chi connectivity index (χ1v) is 8.08. The highest BCUT2D eigenvalue weighted by Gasteiger charge is 2.46. The van der Waals surface area contributed by atoms with E-state index in [2.05, 4.69) is 22.2 Å². The molecule has 0 saturated carbocycles. The van der Waals surface area contributed by atoms with Crippen molar-refractivity contribution in [2.45, 2.75) is 64.1 Å². The van der Waals surface area contributed by atoms with Gasteiger partial charge >= 0.3 is 6.09 Å². The van der Waals surface area contributed by atoms with Gasteiger partial charge in [0, 0.05) is 31.2 Å². The smallest absolute Gasteiger partial charge is 0.410 e. The lowest BCUT2D eigenvalue weighted by Crippen LogP contribution is -2.61. The molecule has 3 heterocycles. The number of piperidine rings is 1. The second kappa shape index (κ2) is 5.26. The van der Waals surface area contributed by atoms with Crippen LogP contribution in [-0.2, 0) is 16.7 Å². The summed E-state index contributed by atoms with van der Waals surface area (Å²) >= 11 is 0. The van der Waals surface area contributed by atoms with Crippen LogP contribution in [0.4, 0.5) is 4.79 Å². The average Bonchev–Trinajstić information content (AvgIpc) is 2.90. The Morgan fingerprint density at radius 3 is 3.00 bits per heavy atom. The highest BCUT2D eigenvalue weighted by atomic mass is 16.6. The van der Waals surface area contributed by atoms with Gasteiger partial charge in [0.1, 0.15) is 5.60 Å². The summed E-state index contributed by atoms with van der Waals surface area (Å²) in [6, 6.07) is 0.187. The number of aromatic amines is 1. The Hall–Kier alpha value is -1.56. The van der Waals surface area contributed by atoms with Gasteiger partial charge in [0.2, 0.25) is 0 Å². The maximum Gasteiger partial charge on any atom is 0.410 e. The molecule has 0 aromatic carbocycles. The van der Waals surface area contributed by atoms with Gasteiger partial charge in [0.25, 0.3) is 0 Å². The van der Waals surface area contributed by atoms with Crippen molar-refractivity contribution < 1.29 is 9.53 Å². The molecule has 2 aliphatic heterocycles. The zero-order chi connectivity index (χ0) is 16.0. The van der Waals surface area contributed by atoms with E-state index in [4.69, 9.17) is 4.74 Å². The molecule has 2 atom stereocenters. The van der Waals surface area contributed by atoms with Crippen LogP contribution in [0.2, 0.25) is 0 Å². The minimum absolute atomic E-state index is 0.187. The molecule has 1 fully saturated rings. The van der Waals surface area contributed by atoms with Gasteiger partial charge in [-0.1, -0.05) is 0 Å². The van der Waals surface area contributed by atoms with Gasteiger partial charge in [0.05, 0.1) is 17.6 Å². The van der Waals surface area contributed by atoms with Crippen LogP contribution in [0.3, 0.4) is 0 Å². The fourth-order valence-corrected chi connectivity index (χ4v) is 3.47. The summed E-state index contributed by atoms with van der Waals surface area (Å²) in [5.41, 5.74) is 1.55. The van der Waals surface area contributed by atoms with Crippen molar-refractivity contribution in [2.75, 3.05) is 13.1 Å². The third-order valence-corrected chi connectivity index (χ3v) is 4.60. The van der Waals surface area contributed by atoms with Crippen molar-refractivity contribution >= 4 is 6.09 Å². The molecule has 1 aromatic rings. The Kier molecular flexibility index (Phi) is 3.67. The second-order valence-electron chi connectivity index (χ2n) is 7.48. The fraction of sp³-hybridized carbons (Fsp3) is 0.750. The Labute approximate surface area is 131 Å². The number of fused-ring (bicyclic) bond motifs is 2. The highest BCUT2D eigenvalue weighted by molar-refractivity contribution is 5.69. The van der Waals surface area contributed by atoms with E-state index in [0.29, 0.717) is 6.54 Å². The zero-order valence-corrected chi connectivity index (χ0v) is 13.9. The molecule has 122 valence electrons. The van der Waals surface area contributed by atoms with Crippen LogP contribution in [0.15, 0.2) is 6.33 Å². The molecule has 1 spiro atoms. The van der Waals surface area contributed by atoms with Crippen LogP contribution in [0.1, 0.15) is 51.9 Å². The van der Waals surface area contributed by atoms with E-state index in [9.17, 15) is 4.79 Å². The van der Waals surface area contributed by atoms with Gasteiger partial charge in [-0.15, -0.1) is 0 Å². The highest BCUT2D eigenvalue weighted by Crippen LogP contribution is 2.37. The number of H-pyrrole nitrogens is 1. The Bertz CT molecular complexity index is 563. The van der Waals surface area contributed by atoms with Gasteiger partial charge in [0.15, 0.2) is 0 Å². The molecule has 2 unspecified atom stereocenters. The molecule has 1 saturated heterocycles. The van der Waals surface area contributed by atoms with E-state index < -0.39 is 5.60 Å². The molecular weight excluding hydrogens is 280 g/mol. The monoisotopic (exact) mass is 306 g/mol. The standard InChI is InChI=1S/C16H26N4O2/c1-11-5-7-16(9-20(11)14(21)22-15(2,3)4)13-12(6-8-19-16)17-10-18-13/h10-11,19H,5-9H2,1-4H3,(H,17,18). The van der Waals surface area contributed by atoms with Gasteiger partial charge in [-0.05, 0) is 40.5 Å². The van der Waals surface area contributed by atoms with Crippen LogP contribution in [0, 0.1) is 0 Å². The lowest BCUT2D eigenvalue weighted by Gasteiger charge is -2.47. The second-order valence-corrected chi connectivity index (χ2v) is 7.48. The van der Waals surface area contributed by atoms with Crippen LogP contribution < -0.4 is 5.32 Å². The summed E-state index contributed by atoms with van der Waals surface area (Å²) in [4.78, 5) is 22.2. The number of nitrogens with one attached hydrogen (secondary N) is 2. The summed E-state index contributed by atoms with van der Waals surface area (Å²) in [6.07, 6.45) is 4.42. The van der Waals surface area contributed by atoms with E-state index in [0.717, 1.165) is 31.5 Å². The Morgan fingerprint density at radius 1 is 1.50 bits per heavy atom. The average molecular weight is 306 g/mol. The van der Waals surface area contributed by atoms with Crippen molar-refractivity contribution in [2.24, 2.45) is 0 Å². The van der Waals surface area contributed by atoms with E-state index in [1.54, 1.807) is 6.33 Å². The molecule has 0 bridgehead atoms. The molecule has 0 radical (unpaired) electrons. The normalized spacial score (nSPS) is 28.5. The van der Waals surface area contributed by atoms with Crippen LogP contribution in [0.5, 0.6) is 0 Å². The minimum Gasteiger partial charge on any atom is -0.444 e. The molecule has 1 aromatic heterocycles. The first-order valence-electron chi connectivity index (χ1n) is 8.08. The number of nitrogens with zero attached hydrogens (tertiary/aromatic N) is 2. The summed E-state index contributed by atoms with van der Waals surface area (Å²) in [5.74, 6) is 0. The van der Waals surface area contributed by atoms with Crippen molar-refractivity contribution in [1.82, 2.24) is 20.2 Å². The topological polar surface area (TPSA) is 70.2 Å². The molecule has 2 N–H and O–H groups in total. The molecule has 2 aliphatic rings. The molecule has 6 nitrogen and oxygen atoms in total. The van der Waals surface area contributed by atoms with Gasteiger partial charge in [-0.3, -0.25) is 0 Å². The molecule has 22 heavy (non-hydrogen) atoms. The van der Waals surface area contributed by atoms with Gasteiger partial charge in [-0.2, -0.15) is 0 Å². The minimum atomic E-state index is -0.473. The third-order valence-electron chi connectivity index (χ3n) is 4.60. The Morgan fingerprint density at radius 2 is 2.27 bits per heavy atom. The van der Waals surface area contributed by atoms with Gasteiger partial charge in [-0.25, -0.2) is 9.78 Å². The van der Waals surface area contributed by atoms with E-state index >= 15 is 0 Å². The van der Waals surface area contributed by atoms with Crippen molar-refractivity contribution in [3.05, 3.63) is 17.7 Å². The van der Waals surface area contributed by atoms with Crippen molar-refractivity contribution in [3.63, 3.8) is 0 Å². The predicted octanol–water partition coefficient (Wildman–Crippen LogP) is 2.17. The van der Waals surface area contributed by atoms with Crippen LogP contribution in [0.25, 0.3) is 0 Å². The number of amides is 1. The first-order chi connectivity index (χ1) is 10.3. The number of carbonyl (C=O) groups excluding carboxylic acids is 1. The predicted molar refractivity (Wildman–Crippen MR) is 83.6 cm³/mol. The number of carbonyl (C=O) groups is 1. The number of hydrogen-bond donors (Lipinski definition) is 2. The van der Waals surface area contributed by atoms with Crippen LogP contribution >= 0.6 is 0 Å². The van der Waals surface area contributed by atoms with E-state index in [1.165, 1.54) is 5.69 Å². The largest absolute Gasteiger partial charge is 0.444 e. The molecular formula is C16H26N4O2. The lowest BCUT2D eigenvalue weighted by molar-refractivity contribution is -0.00398. The number of rotatable bonds is 0. The summed E-state index contributed by atoms with van der Waals surface area (Å²) < 4.78 is 5.58. The SMILES string of the molecule is CC1CCC2(CN1C(=O)OC(C)(C)C)NCCc1[nH]cnc12. The van der Waals surface area contributed by atoms with Crippen LogP contribution in [-0.4, -0.2) is 45.7 Å². The first kappa shape index (κ1) is 15.3. The summed E-state index contributed by atoms with van der Waals surface area (Å²) in [6.45, 7) is 9.32. The zero-order valence-electron chi connectivity index (χ0n) is 13.9. The number of ether oxygens (including phenoxy) is 1. The van der Waals surface area contributed by atoms with E-state index in [-0.39, 0.29) is 17.7 Å². The lowest BCUT2D eigenvalue weighted by atomic mass is 9.80. The number of likely N-dealkylation sites (tertiary alicyclic amines) is 1. The molecule has 6 heteroatoms. The van der Waals surface area contributed by atoms with Crippen molar-refractivity contribution in [1.29, 1.82) is 0 Å². The number of aromatic nitrogens is 2. The quantitative estimate of drug-likeness (QED) is 0.770. The van der Waals surface area contributed by atoms with E-state index in [1.807, 2.05) is 25.7 Å². The maximum atomic E-state index is 12.5.